The maximum atomic E-state index is 12.1. The summed E-state index contributed by atoms with van der Waals surface area (Å²) in [5, 5.41) is 127. The van der Waals surface area contributed by atoms with Crippen molar-refractivity contribution in [1.29, 1.82) is 0 Å². The molecule has 8 rings (SSSR count). The van der Waals surface area contributed by atoms with E-state index in [1.54, 1.807) is 0 Å². The van der Waals surface area contributed by atoms with Crippen molar-refractivity contribution in [2.45, 2.75) is 209 Å². The van der Waals surface area contributed by atoms with Gasteiger partial charge in [-0.1, -0.05) is 27.7 Å². The first-order valence-electron chi connectivity index (χ1n) is 23.8. The van der Waals surface area contributed by atoms with Crippen LogP contribution in [0.25, 0.3) is 0 Å². The van der Waals surface area contributed by atoms with Crippen LogP contribution in [0.3, 0.4) is 0 Å². The van der Waals surface area contributed by atoms with Gasteiger partial charge in [-0.25, -0.2) is 0 Å². The topological polar surface area (TPSA) is 307 Å². The average Bonchev–Trinajstić information content (AvgIpc) is 3.70. The van der Waals surface area contributed by atoms with Gasteiger partial charge < -0.3 is 94.4 Å². The van der Waals surface area contributed by atoms with Crippen molar-refractivity contribution in [3.8, 4) is 0 Å². The number of ether oxygens (including phenoxy) is 7. The highest BCUT2D eigenvalue weighted by atomic mass is 16.8. The Kier molecular flexibility index (Phi) is 14.6. The normalized spacial score (nSPS) is 56.8. The van der Waals surface area contributed by atoms with Crippen LogP contribution in [-0.4, -0.2) is 197 Å². The molecule has 28 atom stereocenters. The van der Waals surface area contributed by atoms with Crippen LogP contribution in [0.5, 0.6) is 0 Å². The summed E-state index contributed by atoms with van der Waals surface area (Å²) in [6.07, 6.45) is -16.4. The van der Waals surface area contributed by atoms with Crippen molar-refractivity contribution in [2.24, 2.45) is 52.3 Å². The van der Waals surface area contributed by atoms with E-state index >= 15 is 0 Å². The molecule has 19 nitrogen and oxygen atoms in total. The van der Waals surface area contributed by atoms with Gasteiger partial charge in [-0.15, -0.1) is 0 Å². The molecular weight excluding hydrogens is 844 g/mol. The van der Waals surface area contributed by atoms with Gasteiger partial charge in [-0.3, -0.25) is 0 Å². The third-order valence-electron chi connectivity index (χ3n) is 18.0. The second-order valence-corrected chi connectivity index (χ2v) is 21.6. The monoisotopic (exact) mass is 920 g/mol. The highest BCUT2D eigenvalue weighted by Gasteiger charge is 2.69. The van der Waals surface area contributed by atoms with Crippen molar-refractivity contribution in [1.82, 2.24) is 0 Å². The highest BCUT2D eigenvalue weighted by Crippen LogP contribution is 2.71. The van der Waals surface area contributed by atoms with E-state index in [9.17, 15) is 61.3 Å². The van der Waals surface area contributed by atoms with Gasteiger partial charge in [0.2, 0.25) is 0 Å². The summed E-state index contributed by atoms with van der Waals surface area (Å²) >= 11 is 0. The number of fused-ring (bicyclic) bond motifs is 7. The second kappa shape index (κ2) is 18.9. The molecule has 4 saturated heterocycles. The third-order valence-corrected chi connectivity index (χ3v) is 18.0. The zero-order valence-electron chi connectivity index (χ0n) is 37.6. The van der Waals surface area contributed by atoms with Gasteiger partial charge in [0.05, 0.1) is 44.2 Å². The minimum atomic E-state index is -1.70. The van der Waals surface area contributed by atoms with Crippen LogP contribution < -0.4 is 0 Å². The largest absolute Gasteiger partial charge is 0.394 e. The smallest absolute Gasteiger partial charge is 0.187 e. The number of hydrogen-bond acceptors (Lipinski definition) is 19. The molecule has 0 bridgehead atoms. The van der Waals surface area contributed by atoms with Gasteiger partial charge in [0.1, 0.15) is 67.1 Å². The van der Waals surface area contributed by atoms with Crippen molar-refractivity contribution in [3.63, 3.8) is 0 Å². The molecule has 0 amide bonds. The second-order valence-electron chi connectivity index (χ2n) is 21.6. The Labute approximate surface area is 374 Å². The zero-order valence-corrected chi connectivity index (χ0v) is 37.6. The van der Waals surface area contributed by atoms with E-state index in [4.69, 9.17) is 33.2 Å². The van der Waals surface area contributed by atoms with Crippen molar-refractivity contribution in [2.75, 3.05) is 19.8 Å². The lowest BCUT2D eigenvalue weighted by molar-refractivity contribution is -0.374. The molecule has 4 aliphatic carbocycles. The predicted molar refractivity (Wildman–Crippen MR) is 219 cm³/mol. The van der Waals surface area contributed by atoms with Gasteiger partial charge in [0.15, 0.2) is 24.7 Å². The Balaban J connectivity index is 0.883. The minimum Gasteiger partial charge on any atom is -0.394 e. The fourth-order valence-corrected chi connectivity index (χ4v) is 14.1. The Bertz CT molecular complexity index is 1580. The van der Waals surface area contributed by atoms with Crippen LogP contribution >= 0.6 is 0 Å². The molecule has 19 heteroatoms. The molecule has 8 aliphatic rings. The average molecular weight is 921 g/mol. The lowest BCUT2D eigenvalue weighted by Crippen LogP contribution is -2.65. The molecule has 12 N–H and O–H groups in total. The van der Waals surface area contributed by atoms with Gasteiger partial charge in [-0.05, 0) is 105 Å². The summed E-state index contributed by atoms with van der Waals surface area (Å²) < 4.78 is 41.9. The lowest BCUT2D eigenvalue weighted by atomic mass is 9.44. The van der Waals surface area contributed by atoms with Crippen molar-refractivity contribution >= 4 is 0 Å². The quantitative estimate of drug-likeness (QED) is 0.0964. The molecule has 4 heterocycles. The molecule has 0 unspecified atom stereocenters. The van der Waals surface area contributed by atoms with Gasteiger partial charge in [0, 0.05) is 12.3 Å². The molecule has 0 radical (unpaired) electrons. The van der Waals surface area contributed by atoms with Gasteiger partial charge in [-0.2, -0.15) is 0 Å². The molecule has 0 aromatic carbocycles. The first kappa shape index (κ1) is 49.7. The predicted octanol–water partition coefficient (Wildman–Crippen LogP) is -1.78. The van der Waals surface area contributed by atoms with E-state index in [0.29, 0.717) is 43.4 Å². The van der Waals surface area contributed by atoms with E-state index in [0.717, 1.165) is 32.1 Å². The number of aliphatic hydroxyl groups is 12. The SMILES string of the molecule is C[C@H](CC[C@]1(O)O[C@@H]2C[C@@H]3[C@H]4CC[C@H]5C[C@@H](O[C@@H]6O[C@H](CO)[C@@H](O)[C@H](O)[C@H]6O[C@H]6O[C@@H](C)[C@H](O)[C@@H](O)[C@H]6O)[C@@H](O)C[C@]5(C)[C@@H]4CC[C@]3(C)[C@@H]2[C@H]1C)CO[C@@H]1O[C@H](CO)[C@@H](O)[C@H](O)[C@H]1O. The van der Waals surface area contributed by atoms with Crippen molar-refractivity contribution < 1.29 is 94.4 Å². The molecule has 4 aliphatic heterocycles. The first-order chi connectivity index (χ1) is 30.2. The number of aliphatic hydroxyl groups excluding tert-OH is 11. The maximum absolute atomic E-state index is 12.1. The Morgan fingerprint density at radius 1 is 0.672 bits per heavy atom. The van der Waals surface area contributed by atoms with Crippen LogP contribution in [0.1, 0.15) is 92.4 Å². The Morgan fingerprint density at radius 3 is 2.00 bits per heavy atom. The van der Waals surface area contributed by atoms with Crippen LogP contribution in [0.4, 0.5) is 0 Å². The molecule has 64 heavy (non-hydrogen) atoms. The first-order valence-corrected chi connectivity index (χ1v) is 23.8. The van der Waals surface area contributed by atoms with Crippen LogP contribution in [0.2, 0.25) is 0 Å². The minimum absolute atomic E-state index is 0.0563. The highest BCUT2D eigenvalue weighted by molar-refractivity contribution is 5.15. The Hall–Kier alpha value is -0.760. The summed E-state index contributed by atoms with van der Waals surface area (Å²) in [4.78, 5) is 0. The van der Waals surface area contributed by atoms with Crippen molar-refractivity contribution in [3.05, 3.63) is 0 Å². The Morgan fingerprint density at radius 2 is 1.31 bits per heavy atom. The molecule has 4 saturated carbocycles. The molecular formula is C45H76O19. The lowest BCUT2D eigenvalue weighted by Gasteiger charge is -2.62. The fraction of sp³-hybridized carbons (Fsp3) is 1.00. The number of hydrogen-bond donors (Lipinski definition) is 12. The maximum Gasteiger partial charge on any atom is 0.187 e. The van der Waals surface area contributed by atoms with E-state index < -0.39 is 123 Å². The molecule has 0 aromatic heterocycles. The van der Waals surface area contributed by atoms with Crippen LogP contribution in [0, 0.1) is 52.3 Å². The molecule has 0 spiro atoms. The summed E-state index contributed by atoms with van der Waals surface area (Å²) in [5.41, 5.74) is -0.263. The molecule has 8 fully saturated rings. The van der Waals surface area contributed by atoms with Crippen LogP contribution in [-0.2, 0) is 33.2 Å². The molecule has 0 aromatic rings. The van der Waals surface area contributed by atoms with E-state index in [2.05, 4.69) is 20.8 Å². The fourth-order valence-electron chi connectivity index (χ4n) is 14.1. The third kappa shape index (κ3) is 8.55. The summed E-state index contributed by atoms with van der Waals surface area (Å²) in [6.45, 7) is 9.19. The summed E-state index contributed by atoms with van der Waals surface area (Å²) in [5.74, 6) is -0.0681. The van der Waals surface area contributed by atoms with E-state index in [1.165, 1.54) is 6.92 Å². The number of rotatable bonds is 12. The van der Waals surface area contributed by atoms with Crippen LogP contribution in [0.15, 0.2) is 0 Å². The van der Waals surface area contributed by atoms with Gasteiger partial charge in [0.25, 0.3) is 0 Å². The zero-order chi connectivity index (χ0) is 46.4. The summed E-state index contributed by atoms with van der Waals surface area (Å²) in [6, 6.07) is 0. The van der Waals surface area contributed by atoms with Gasteiger partial charge >= 0.3 is 0 Å². The van der Waals surface area contributed by atoms with E-state index in [1.807, 2.05) is 6.92 Å². The molecule has 370 valence electrons. The standard InChI is InChI=1S/C45H76O19/c1-18(17-58-40-37(55)35(53)32(50)28(15-46)61-40)8-11-45(57)19(2)30-27(64-45)13-24-22-7-6-21-12-26(25(48)14-44(21,5)23(22)9-10-43(24,30)4)60-42-39(36(54)33(51)29(16-47)62-42)63-41-38(56)34(52)31(49)20(3)59-41/h18-42,46-57H,6-17H2,1-5H3/t18-,19-,20+,21+,22+,23-,24-,25+,26-,27-,28-,29-,30-,31+,32-,33-,34-,35+,36+,37-,38-,39-,40-,41-,42-,43+,44+,45+/m1/s1. The summed E-state index contributed by atoms with van der Waals surface area (Å²) in [7, 11) is 0. The van der Waals surface area contributed by atoms with E-state index in [-0.39, 0.29) is 47.2 Å².